The minimum Gasteiger partial charge on any atom is -0.465 e. The first kappa shape index (κ1) is 20.6. The van der Waals surface area contributed by atoms with Gasteiger partial charge in [-0.25, -0.2) is 9.79 Å². The summed E-state index contributed by atoms with van der Waals surface area (Å²) in [5.41, 5.74) is -1.08. The van der Waals surface area contributed by atoms with Gasteiger partial charge < -0.3 is 9.47 Å². The second-order valence-corrected chi connectivity index (χ2v) is 6.46. The fourth-order valence-corrected chi connectivity index (χ4v) is 2.96. The number of methoxy groups -OCH3 is 1. The smallest absolute Gasteiger partial charge is 0.416 e. The van der Waals surface area contributed by atoms with Crippen molar-refractivity contribution in [1.82, 2.24) is 5.32 Å². The lowest BCUT2D eigenvalue weighted by Crippen LogP contribution is -2.12. The van der Waals surface area contributed by atoms with E-state index >= 15 is 0 Å². The summed E-state index contributed by atoms with van der Waals surface area (Å²) in [6, 6.07) is 4.24. The summed E-state index contributed by atoms with van der Waals surface area (Å²) in [7, 11) is 1.21. The van der Waals surface area contributed by atoms with Crippen LogP contribution in [-0.4, -0.2) is 24.5 Å². The molecule has 1 aromatic carbocycles. The number of carbonyl (C=O) groups is 1. The summed E-state index contributed by atoms with van der Waals surface area (Å²) in [5, 5.41) is 12.7. The highest BCUT2D eigenvalue weighted by atomic mass is 32.2. The fraction of sp³-hybridized carbons (Fsp3) is 0.188. The molecule has 1 heterocycles. The Balaban J connectivity index is 2.51. The normalized spacial score (nSPS) is 11.6. The Bertz CT molecular complexity index is 904. The van der Waals surface area contributed by atoms with Gasteiger partial charge in [0.15, 0.2) is 27.7 Å². The second kappa shape index (κ2) is 8.79. The third-order valence-corrected chi connectivity index (χ3v) is 4.54. The predicted octanol–water partition coefficient (Wildman–Crippen LogP) is 4.77. The van der Waals surface area contributed by atoms with Crippen LogP contribution in [0.2, 0.25) is 0 Å². The van der Waals surface area contributed by atoms with Crippen molar-refractivity contribution in [1.29, 1.82) is 5.26 Å². The lowest BCUT2D eigenvalue weighted by Gasteiger charge is -2.13. The molecule has 0 fully saturated rings. The molecule has 0 aliphatic heterocycles. The highest BCUT2D eigenvalue weighted by Crippen LogP contribution is 2.40. The maximum Gasteiger partial charge on any atom is 0.416 e. The van der Waals surface area contributed by atoms with E-state index in [1.807, 2.05) is 0 Å². The SMILES string of the molecule is COC(=O)c1sccc1Oc1ccc(C(F)(F)F)cc1N=C(NC#N)SC. The zero-order chi connectivity index (χ0) is 20.0. The Morgan fingerprint density at radius 1 is 1.33 bits per heavy atom. The van der Waals surface area contributed by atoms with Gasteiger partial charge in [-0.1, -0.05) is 11.8 Å². The fourth-order valence-electron chi connectivity index (χ4n) is 1.89. The van der Waals surface area contributed by atoms with Gasteiger partial charge in [-0.05, 0) is 35.9 Å². The number of thiophene rings is 1. The van der Waals surface area contributed by atoms with Crippen LogP contribution in [0.3, 0.4) is 0 Å². The zero-order valence-electron chi connectivity index (χ0n) is 14.0. The lowest BCUT2D eigenvalue weighted by molar-refractivity contribution is -0.137. The molecule has 0 aliphatic rings. The van der Waals surface area contributed by atoms with Crippen LogP contribution in [0.25, 0.3) is 0 Å². The molecule has 1 aromatic heterocycles. The largest absolute Gasteiger partial charge is 0.465 e. The number of hydrogen-bond donors (Lipinski definition) is 1. The highest BCUT2D eigenvalue weighted by Gasteiger charge is 2.31. The van der Waals surface area contributed by atoms with E-state index < -0.39 is 17.7 Å². The van der Waals surface area contributed by atoms with Crippen LogP contribution in [0.1, 0.15) is 15.2 Å². The number of hydrogen-bond acceptors (Lipinski definition) is 7. The van der Waals surface area contributed by atoms with E-state index in [0.29, 0.717) is 0 Å². The van der Waals surface area contributed by atoms with Crippen molar-refractivity contribution in [3.05, 3.63) is 40.1 Å². The Hall–Kier alpha value is -2.71. The summed E-state index contributed by atoms with van der Waals surface area (Å²) in [6.45, 7) is 0. The third-order valence-electron chi connectivity index (χ3n) is 3.08. The van der Waals surface area contributed by atoms with Gasteiger partial charge in [0, 0.05) is 0 Å². The monoisotopic (exact) mass is 415 g/mol. The van der Waals surface area contributed by atoms with Crippen LogP contribution in [0, 0.1) is 11.5 Å². The summed E-state index contributed by atoms with van der Waals surface area (Å²) in [6.07, 6.45) is -1.32. The Labute approximate surface area is 160 Å². The third kappa shape index (κ3) is 5.15. The summed E-state index contributed by atoms with van der Waals surface area (Å²) < 4.78 is 49.4. The lowest BCUT2D eigenvalue weighted by atomic mass is 10.2. The molecule has 0 saturated carbocycles. The van der Waals surface area contributed by atoms with Crippen LogP contribution in [0.15, 0.2) is 34.6 Å². The Morgan fingerprint density at radius 2 is 2.07 bits per heavy atom. The maximum atomic E-state index is 13.0. The molecule has 6 nitrogen and oxygen atoms in total. The molecule has 0 radical (unpaired) electrons. The number of nitrogens with zero attached hydrogens (tertiary/aromatic N) is 2. The number of benzene rings is 1. The summed E-state index contributed by atoms with van der Waals surface area (Å²) >= 11 is 2.10. The van der Waals surface area contributed by atoms with E-state index in [2.05, 4.69) is 15.0 Å². The number of nitrogens with one attached hydrogen (secondary N) is 1. The number of aliphatic imine (C=N–C) groups is 1. The van der Waals surface area contributed by atoms with E-state index in [1.54, 1.807) is 17.8 Å². The molecular weight excluding hydrogens is 403 g/mol. The quantitative estimate of drug-likeness (QED) is 0.255. The number of amidine groups is 1. The molecule has 2 aromatic rings. The first-order valence-electron chi connectivity index (χ1n) is 7.12. The number of rotatable bonds is 4. The molecule has 0 spiro atoms. The number of ether oxygens (including phenoxy) is 2. The van der Waals surface area contributed by atoms with Crippen molar-refractivity contribution in [3.63, 3.8) is 0 Å². The predicted molar refractivity (Wildman–Crippen MR) is 96.5 cm³/mol. The van der Waals surface area contributed by atoms with E-state index in [1.165, 1.54) is 13.2 Å². The van der Waals surface area contributed by atoms with Crippen LogP contribution in [-0.2, 0) is 10.9 Å². The molecule has 0 saturated heterocycles. The van der Waals surface area contributed by atoms with Crippen molar-refractivity contribution in [3.8, 4) is 17.7 Å². The first-order valence-corrected chi connectivity index (χ1v) is 9.23. The second-order valence-electron chi connectivity index (χ2n) is 4.75. The van der Waals surface area contributed by atoms with Gasteiger partial charge in [0.2, 0.25) is 0 Å². The molecule has 0 amide bonds. The number of carbonyl (C=O) groups excluding carboxylic acids is 1. The van der Waals surface area contributed by atoms with Crippen LogP contribution in [0.5, 0.6) is 11.5 Å². The minimum atomic E-state index is -4.58. The summed E-state index contributed by atoms with van der Waals surface area (Å²) in [4.78, 5) is 15.9. The van der Waals surface area contributed by atoms with Crippen molar-refractivity contribution in [2.75, 3.05) is 13.4 Å². The standard InChI is InChI=1S/C16H12F3N3O3S2/c1-24-14(23)13-12(5-6-27-13)25-11-4-3-9(16(17,18)19)7-10(11)22-15(26-2)21-8-20/h3-7H,1-2H3,(H,21,22). The van der Waals surface area contributed by atoms with Crippen molar-refractivity contribution in [2.45, 2.75) is 6.18 Å². The topological polar surface area (TPSA) is 83.7 Å². The number of nitriles is 1. The molecular formula is C16H12F3N3O3S2. The molecule has 2 rings (SSSR count). The molecule has 1 N–H and O–H groups in total. The average molecular weight is 415 g/mol. The molecule has 27 heavy (non-hydrogen) atoms. The van der Waals surface area contributed by atoms with Gasteiger partial charge in [0.05, 0.1) is 12.7 Å². The highest BCUT2D eigenvalue weighted by molar-refractivity contribution is 8.13. The van der Waals surface area contributed by atoms with Crippen molar-refractivity contribution in [2.24, 2.45) is 4.99 Å². The molecule has 142 valence electrons. The Kier molecular flexibility index (Phi) is 6.70. The number of alkyl halides is 3. The number of esters is 1. The van der Waals surface area contributed by atoms with Gasteiger partial charge in [-0.3, -0.25) is 5.32 Å². The molecule has 0 atom stereocenters. The van der Waals surface area contributed by atoms with Crippen molar-refractivity contribution < 1.29 is 27.4 Å². The van der Waals surface area contributed by atoms with E-state index in [4.69, 9.17) is 10.00 Å². The van der Waals surface area contributed by atoms with Gasteiger partial charge in [0.25, 0.3) is 0 Å². The van der Waals surface area contributed by atoms with Crippen molar-refractivity contribution >= 4 is 39.9 Å². The maximum absolute atomic E-state index is 13.0. The van der Waals surface area contributed by atoms with E-state index in [0.717, 1.165) is 41.3 Å². The molecule has 11 heteroatoms. The Morgan fingerprint density at radius 3 is 2.67 bits per heavy atom. The summed E-state index contributed by atoms with van der Waals surface area (Å²) in [5.74, 6) is -0.521. The number of thioether (sulfide) groups is 1. The van der Waals surface area contributed by atoms with E-state index in [-0.39, 0.29) is 27.2 Å². The average Bonchev–Trinajstić information content (AvgIpc) is 3.09. The number of halogens is 3. The minimum absolute atomic E-state index is 0.0159. The zero-order valence-corrected chi connectivity index (χ0v) is 15.6. The van der Waals surface area contributed by atoms with Crippen LogP contribution < -0.4 is 10.1 Å². The van der Waals surface area contributed by atoms with Gasteiger partial charge in [-0.15, -0.1) is 11.3 Å². The van der Waals surface area contributed by atoms with Crippen LogP contribution in [0.4, 0.5) is 18.9 Å². The van der Waals surface area contributed by atoms with E-state index in [9.17, 15) is 18.0 Å². The van der Waals surface area contributed by atoms with Gasteiger partial charge in [0.1, 0.15) is 5.69 Å². The molecule has 0 aliphatic carbocycles. The molecule has 0 unspecified atom stereocenters. The van der Waals surface area contributed by atoms with Gasteiger partial charge >= 0.3 is 12.1 Å². The molecule has 0 bridgehead atoms. The first-order chi connectivity index (χ1) is 12.8. The van der Waals surface area contributed by atoms with Gasteiger partial charge in [-0.2, -0.15) is 18.4 Å². The van der Waals surface area contributed by atoms with Crippen LogP contribution >= 0.6 is 23.1 Å².